The molecule has 0 aromatic heterocycles. The molecule has 0 aliphatic heterocycles. The lowest BCUT2D eigenvalue weighted by Gasteiger charge is -2.01. The van der Waals surface area contributed by atoms with Crippen molar-refractivity contribution in [2.24, 2.45) is 0 Å². The van der Waals surface area contributed by atoms with E-state index >= 15 is 0 Å². The van der Waals surface area contributed by atoms with Gasteiger partial charge in [-0.05, 0) is 12.0 Å². The summed E-state index contributed by atoms with van der Waals surface area (Å²) < 4.78 is 4.80. The van der Waals surface area contributed by atoms with Crippen molar-refractivity contribution in [2.75, 3.05) is 6.26 Å². The average Bonchev–Trinajstić information content (AvgIpc) is 1.68. The molecule has 0 amide bonds. The largest absolute Gasteiger partial charge is 0.310 e. The minimum atomic E-state index is -0.840. The summed E-state index contributed by atoms with van der Waals surface area (Å²) in [6.07, 6.45) is 1.80. The van der Waals surface area contributed by atoms with Gasteiger partial charge in [0.1, 0.15) is 0 Å². The third-order valence-electron chi connectivity index (χ3n) is 0.219. The summed E-state index contributed by atoms with van der Waals surface area (Å²) in [5.74, 6) is -0.840. The van der Waals surface area contributed by atoms with Gasteiger partial charge in [-0.2, -0.15) is 0 Å². The lowest BCUT2D eigenvalue weighted by Crippen LogP contribution is -1.92. The van der Waals surface area contributed by atoms with E-state index in [1.54, 1.807) is 6.26 Å². The summed E-state index contributed by atoms with van der Waals surface area (Å²) in [7, 11) is 0. The maximum absolute atomic E-state index is 8.10. The van der Waals surface area contributed by atoms with Crippen molar-refractivity contribution < 1.29 is 9.18 Å². The van der Waals surface area contributed by atoms with Crippen LogP contribution in [0.5, 0.6) is 0 Å². The van der Waals surface area contributed by atoms with Crippen LogP contribution in [0.25, 0.3) is 0 Å². The fourth-order valence-electron chi connectivity index (χ4n) is 0.0821. The quantitative estimate of drug-likeness (QED) is 0.349. The van der Waals surface area contributed by atoms with Gasteiger partial charge in [-0.3, -0.25) is 3.97 Å². The SMILES string of the molecule is CSOP(I)NO. The third-order valence-corrected chi connectivity index (χ3v) is 3.59. The maximum Gasteiger partial charge on any atom is 0.207 e. The van der Waals surface area contributed by atoms with Crippen LogP contribution in [0.15, 0.2) is 0 Å². The molecule has 0 aliphatic carbocycles. The Kier molecular flexibility index (Phi) is 6.62. The van der Waals surface area contributed by atoms with Crippen molar-refractivity contribution in [2.45, 2.75) is 0 Å². The molecule has 0 radical (unpaired) electrons. The second-order valence-electron chi connectivity index (χ2n) is 0.586. The van der Waals surface area contributed by atoms with Crippen molar-refractivity contribution >= 4 is 40.0 Å². The molecule has 0 fully saturated rings. The fraction of sp³-hybridized carbons (Fsp3) is 1.00. The summed E-state index contributed by atoms with van der Waals surface area (Å²) in [6.45, 7) is 0. The highest BCUT2D eigenvalue weighted by molar-refractivity contribution is 14.2. The summed E-state index contributed by atoms with van der Waals surface area (Å²) in [4.78, 5) is 0. The third kappa shape index (κ3) is 5.26. The molecule has 0 aromatic carbocycles. The van der Waals surface area contributed by atoms with Crippen LogP contribution in [0.4, 0.5) is 0 Å². The van der Waals surface area contributed by atoms with Crippen molar-refractivity contribution in [3.63, 3.8) is 0 Å². The number of hydrogen-bond donors (Lipinski definition) is 2. The Labute approximate surface area is 60.7 Å². The van der Waals surface area contributed by atoms with Crippen LogP contribution >= 0.6 is 40.0 Å². The van der Waals surface area contributed by atoms with Crippen LogP contribution in [0, 0.1) is 0 Å². The van der Waals surface area contributed by atoms with Crippen LogP contribution in [0.1, 0.15) is 0 Å². The Hall–Kier alpha value is 1.39. The van der Waals surface area contributed by atoms with E-state index in [4.69, 9.17) is 9.18 Å². The molecule has 7 heavy (non-hydrogen) atoms. The van der Waals surface area contributed by atoms with E-state index in [0.717, 1.165) is 0 Å². The molecule has 1 atom stereocenters. The Morgan fingerprint density at radius 2 is 2.57 bits per heavy atom. The number of nitrogens with one attached hydrogen (secondary N) is 1. The van der Waals surface area contributed by atoms with E-state index < -0.39 is 5.94 Å². The van der Waals surface area contributed by atoms with Gasteiger partial charge in [0.15, 0.2) is 0 Å². The second kappa shape index (κ2) is 5.53. The van der Waals surface area contributed by atoms with Gasteiger partial charge in [-0.15, -0.1) is 5.25 Å². The van der Waals surface area contributed by atoms with E-state index in [1.165, 1.54) is 12.0 Å². The minimum absolute atomic E-state index is 0.840. The lowest BCUT2D eigenvalue weighted by molar-refractivity contribution is 0.247. The summed E-state index contributed by atoms with van der Waals surface area (Å²) in [5.41, 5.74) is 0. The van der Waals surface area contributed by atoms with Gasteiger partial charge >= 0.3 is 0 Å². The van der Waals surface area contributed by atoms with Gasteiger partial charge in [0.25, 0.3) is 0 Å². The zero-order chi connectivity index (χ0) is 5.70. The van der Waals surface area contributed by atoms with Gasteiger partial charge in [-0.25, -0.2) is 0 Å². The van der Waals surface area contributed by atoms with Gasteiger partial charge in [0, 0.05) is 28.3 Å². The zero-order valence-corrected chi connectivity index (χ0v) is 7.46. The number of halogens is 1. The Morgan fingerprint density at radius 1 is 2.00 bits per heavy atom. The Bertz CT molecular complexity index is 48.7. The molecule has 0 spiro atoms. The molecule has 44 valence electrons. The molecule has 0 saturated carbocycles. The van der Waals surface area contributed by atoms with Crippen molar-refractivity contribution in [3.05, 3.63) is 0 Å². The normalized spacial score (nSPS) is 14.1. The second-order valence-corrected chi connectivity index (χ2v) is 4.83. The summed E-state index contributed by atoms with van der Waals surface area (Å²) in [5, 5.41) is 10.1. The average molecular weight is 253 g/mol. The molecule has 3 nitrogen and oxygen atoms in total. The van der Waals surface area contributed by atoms with E-state index in [9.17, 15) is 0 Å². The summed E-state index contributed by atoms with van der Waals surface area (Å²) in [6, 6.07) is 0. The molecule has 0 aromatic rings. The molecule has 0 saturated heterocycles. The number of rotatable bonds is 3. The molecular weight excluding hydrogens is 248 g/mol. The van der Waals surface area contributed by atoms with Crippen molar-refractivity contribution in [3.8, 4) is 0 Å². The standard InChI is InChI=1S/CH5INO2PS/c1-7-5-6(2)3-4/h3-4H,1H3. The van der Waals surface area contributed by atoms with E-state index in [2.05, 4.69) is 0 Å². The van der Waals surface area contributed by atoms with Gasteiger partial charge < -0.3 is 5.21 Å². The summed E-state index contributed by atoms with van der Waals surface area (Å²) >= 11 is 3.20. The molecule has 0 bridgehead atoms. The monoisotopic (exact) mass is 253 g/mol. The van der Waals surface area contributed by atoms with Crippen LogP contribution in [0.2, 0.25) is 0 Å². The first-order valence-electron chi connectivity index (χ1n) is 1.37. The maximum atomic E-state index is 8.10. The van der Waals surface area contributed by atoms with Gasteiger partial charge in [0.05, 0.1) is 0 Å². The molecule has 1 unspecified atom stereocenters. The highest BCUT2D eigenvalue weighted by Crippen LogP contribution is 2.43. The van der Waals surface area contributed by atoms with Gasteiger partial charge in [0.2, 0.25) is 5.94 Å². The first-order valence-corrected chi connectivity index (χ1v) is 6.57. The smallest absolute Gasteiger partial charge is 0.207 e. The number of hydrogen-bond acceptors (Lipinski definition) is 4. The van der Waals surface area contributed by atoms with Crippen LogP contribution in [0.3, 0.4) is 0 Å². The Balaban J connectivity index is 2.83. The van der Waals surface area contributed by atoms with E-state index in [0.29, 0.717) is 0 Å². The lowest BCUT2D eigenvalue weighted by atomic mass is 12.0. The van der Waals surface area contributed by atoms with Crippen LogP contribution in [-0.4, -0.2) is 11.5 Å². The molecule has 6 heteroatoms. The topological polar surface area (TPSA) is 41.5 Å². The fourth-order valence-corrected chi connectivity index (χ4v) is 2.19. The minimum Gasteiger partial charge on any atom is -0.310 e. The molecular formula is CH5INO2PS. The molecule has 2 N–H and O–H groups in total. The first-order chi connectivity index (χ1) is 3.31. The Morgan fingerprint density at radius 3 is 2.71 bits per heavy atom. The highest BCUT2D eigenvalue weighted by atomic mass is 127. The van der Waals surface area contributed by atoms with E-state index in [-0.39, 0.29) is 0 Å². The first kappa shape index (κ1) is 8.39. The predicted octanol–water partition coefficient (Wildman–Crippen LogP) is 1.92. The molecule has 0 aliphatic rings. The predicted molar refractivity (Wildman–Crippen MR) is 40.5 cm³/mol. The molecule has 0 heterocycles. The highest BCUT2D eigenvalue weighted by Gasteiger charge is 1.97. The van der Waals surface area contributed by atoms with Crippen molar-refractivity contribution in [1.29, 1.82) is 0 Å². The van der Waals surface area contributed by atoms with Gasteiger partial charge in [-0.1, -0.05) is 0 Å². The van der Waals surface area contributed by atoms with E-state index in [1.807, 2.05) is 27.3 Å². The molecule has 0 rings (SSSR count). The zero-order valence-electron chi connectivity index (χ0n) is 3.59. The van der Waals surface area contributed by atoms with Crippen LogP contribution in [-0.2, 0) is 3.97 Å². The van der Waals surface area contributed by atoms with Crippen molar-refractivity contribution in [1.82, 2.24) is 5.25 Å². The van der Waals surface area contributed by atoms with Crippen LogP contribution < -0.4 is 5.25 Å².